The molecule has 0 atom stereocenters. The largest absolute Gasteiger partial charge is 0.494 e. The van der Waals surface area contributed by atoms with Gasteiger partial charge in [-0.05, 0) is 71.6 Å². The summed E-state index contributed by atoms with van der Waals surface area (Å²) < 4.78 is 33.3. The average molecular weight is 520 g/mol. The van der Waals surface area contributed by atoms with E-state index in [9.17, 15) is 13.2 Å². The number of hydrogen-bond acceptors (Lipinski definition) is 5. The first kappa shape index (κ1) is 24.2. The maximum atomic E-state index is 12.9. The van der Waals surface area contributed by atoms with Gasteiger partial charge in [0.2, 0.25) is 15.9 Å². The van der Waals surface area contributed by atoms with Crippen molar-refractivity contribution in [2.75, 3.05) is 19.7 Å². The quantitative estimate of drug-likeness (QED) is 0.421. The van der Waals surface area contributed by atoms with Crippen LogP contribution in [0, 0.1) is 5.92 Å². The molecule has 2 aromatic rings. The average Bonchev–Trinajstić information content (AvgIpc) is 2.80. The fourth-order valence-corrected chi connectivity index (χ4v) is 5.21. The maximum Gasteiger partial charge on any atom is 0.243 e. The van der Waals surface area contributed by atoms with Gasteiger partial charge in [0.15, 0.2) is 0 Å². The van der Waals surface area contributed by atoms with Gasteiger partial charge < -0.3 is 4.74 Å². The van der Waals surface area contributed by atoms with E-state index in [1.807, 2.05) is 43.3 Å². The molecule has 0 aromatic heterocycles. The van der Waals surface area contributed by atoms with Crippen LogP contribution in [0.15, 0.2) is 69.1 Å². The second-order valence-corrected chi connectivity index (χ2v) is 10.1. The summed E-state index contributed by atoms with van der Waals surface area (Å²) in [6.07, 6.45) is 4.30. The van der Waals surface area contributed by atoms with E-state index in [1.165, 1.54) is 10.5 Å². The number of piperidine rings is 1. The number of nitrogens with zero attached hydrogens (tertiary/aromatic N) is 2. The van der Waals surface area contributed by atoms with Crippen LogP contribution in [-0.4, -0.2) is 44.5 Å². The summed E-state index contributed by atoms with van der Waals surface area (Å²) in [4.78, 5) is 12.6. The Labute approximate surface area is 197 Å². The highest BCUT2D eigenvalue weighted by Crippen LogP contribution is 2.25. The fourth-order valence-electron chi connectivity index (χ4n) is 3.38. The highest BCUT2D eigenvalue weighted by Gasteiger charge is 2.32. The minimum atomic E-state index is -3.60. The maximum absolute atomic E-state index is 12.9. The number of hydrogen-bond donors (Lipinski definition) is 1. The Balaban J connectivity index is 1.51. The van der Waals surface area contributed by atoms with Crippen molar-refractivity contribution in [3.8, 4) is 5.75 Å². The number of rotatable bonds is 8. The molecule has 1 amide bonds. The minimum absolute atomic E-state index is 0.209. The molecule has 9 heteroatoms. The zero-order valence-corrected chi connectivity index (χ0v) is 20.2. The van der Waals surface area contributed by atoms with Crippen LogP contribution in [0.25, 0.3) is 6.08 Å². The van der Waals surface area contributed by atoms with Crippen molar-refractivity contribution in [3.05, 3.63) is 64.6 Å². The Kier molecular flexibility index (Phi) is 8.60. The second kappa shape index (κ2) is 11.4. The van der Waals surface area contributed by atoms with Gasteiger partial charge in [-0.2, -0.15) is 9.41 Å². The standard InChI is InChI=1S/C23H26BrN3O4S/c1-2-31-21-8-10-22(11-9-21)32(29,30)27-14-12-19(13-15-27)23(28)26-25-17-20(24)16-18-6-4-3-5-7-18/h3-11,16-17,19H,2,12-15H2,1H3,(H,26,28). The van der Waals surface area contributed by atoms with Crippen molar-refractivity contribution in [3.63, 3.8) is 0 Å². The molecule has 32 heavy (non-hydrogen) atoms. The predicted molar refractivity (Wildman–Crippen MR) is 129 cm³/mol. The molecule has 0 spiro atoms. The third-order valence-electron chi connectivity index (χ3n) is 5.06. The zero-order chi connectivity index (χ0) is 23.0. The molecule has 0 aliphatic carbocycles. The SMILES string of the molecule is CCOc1ccc(S(=O)(=O)N2CCC(C(=O)NN=CC(Br)=Cc3ccccc3)CC2)cc1. The molecule has 1 saturated heterocycles. The molecule has 3 rings (SSSR count). The molecule has 1 aliphatic rings. The van der Waals surface area contributed by atoms with Crippen LogP contribution in [0.3, 0.4) is 0 Å². The molecular formula is C23H26BrN3O4S. The molecule has 0 unspecified atom stereocenters. The van der Waals surface area contributed by atoms with Gasteiger partial charge in [-0.3, -0.25) is 4.79 Å². The first-order valence-electron chi connectivity index (χ1n) is 10.4. The number of carbonyl (C=O) groups excluding carboxylic acids is 1. The number of ether oxygens (including phenoxy) is 1. The molecule has 0 saturated carbocycles. The number of halogens is 1. The first-order valence-corrected chi connectivity index (χ1v) is 12.6. The lowest BCUT2D eigenvalue weighted by Gasteiger charge is -2.30. The van der Waals surface area contributed by atoms with Crippen molar-refractivity contribution < 1.29 is 17.9 Å². The van der Waals surface area contributed by atoms with E-state index in [2.05, 4.69) is 26.5 Å². The highest BCUT2D eigenvalue weighted by molar-refractivity contribution is 9.12. The summed E-state index contributed by atoms with van der Waals surface area (Å²) in [6.45, 7) is 2.96. The molecule has 170 valence electrons. The molecule has 7 nitrogen and oxygen atoms in total. The van der Waals surface area contributed by atoms with Gasteiger partial charge in [-0.1, -0.05) is 30.3 Å². The third-order valence-corrected chi connectivity index (χ3v) is 7.41. The van der Waals surface area contributed by atoms with Crippen LogP contribution in [0.5, 0.6) is 5.75 Å². The number of carbonyl (C=O) groups is 1. The normalized spacial score (nSPS) is 16.2. The fraction of sp³-hybridized carbons (Fsp3) is 0.304. The molecule has 0 radical (unpaired) electrons. The van der Waals surface area contributed by atoms with Gasteiger partial charge >= 0.3 is 0 Å². The van der Waals surface area contributed by atoms with Gasteiger partial charge in [0.05, 0.1) is 17.7 Å². The van der Waals surface area contributed by atoms with Crippen LogP contribution < -0.4 is 10.2 Å². The summed E-state index contributed by atoms with van der Waals surface area (Å²) in [5, 5.41) is 4.00. The molecule has 0 bridgehead atoms. The summed E-state index contributed by atoms with van der Waals surface area (Å²) in [6, 6.07) is 16.1. The molecule has 1 N–H and O–H groups in total. The third kappa shape index (κ3) is 6.51. The predicted octanol–water partition coefficient (Wildman–Crippen LogP) is 4.02. The topological polar surface area (TPSA) is 88.1 Å². The number of sulfonamides is 1. The lowest BCUT2D eigenvalue weighted by atomic mass is 9.98. The summed E-state index contributed by atoms with van der Waals surface area (Å²) in [7, 11) is -3.60. The number of hydrazone groups is 1. The molecular weight excluding hydrogens is 494 g/mol. The summed E-state index contributed by atoms with van der Waals surface area (Å²) >= 11 is 3.40. The number of nitrogens with one attached hydrogen (secondary N) is 1. The number of allylic oxidation sites excluding steroid dienone is 1. The van der Waals surface area contributed by atoms with Crippen LogP contribution in [-0.2, 0) is 14.8 Å². The van der Waals surface area contributed by atoms with E-state index < -0.39 is 10.0 Å². The van der Waals surface area contributed by atoms with Gasteiger partial charge in [0, 0.05) is 23.5 Å². The Morgan fingerprint density at radius 2 is 1.81 bits per heavy atom. The van der Waals surface area contributed by atoms with Gasteiger partial charge in [-0.25, -0.2) is 13.8 Å². The lowest BCUT2D eigenvalue weighted by molar-refractivity contribution is -0.126. The minimum Gasteiger partial charge on any atom is -0.494 e. The van der Waals surface area contributed by atoms with Crippen LogP contribution in [0.2, 0.25) is 0 Å². The zero-order valence-electron chi connectivity index (χ0n) is 17.8. The van der Waals surface area contributed by atoms with Crippen molar-refractivity contribution >= 4 is 44.2 Å². The van der Waals surface area contributed by atoms with Crippen molar-refractivity contribution in [1.29, 1.82) is 0 Å². The number of amides is 1. The number of benzene rings is 2. The smallest absolute Gasteiger partial charge is 0.243 e. The summed E-state index contributed by atoms with van der Waals surface area (Å²) in [5.74, 6) is 0.141. The lowest BCUT2D eigenvalue weighted by Crippen LogP contribution is -2.42. The van der Waals surface area contributed by atoms with E-state index in [0.29, 0.717) is 25.2 Å². The van der Waals surface area contributed by atoms with Gasteiger partial charge in [0.25, 0.3) is 0 Å². The highest BCUT2D eigenvalue weighted by atomic mass is 79.9. The van der Waals surface area contributed by atoms with Crippen molar-refractivity contribution in [2.24, 2.45) is 11.0 Å². The van der Waals surface area contributed by atoms with E-state index >= 15 is 0 Å². The Morgan fingerprint density at radius 1 is 1.16 bits per heavy atom. The molecule has 1 heterocycles. The Morgan fingerprint density at radius 3 is 2.44 bits per heavy atom. The van der Waals surface area contributed by atoms with E-state index in [-0.39, 0.29) is 29.8 Å². The Bertz CT molecular complexity index is 1060. The Hall–Kier alpha value is -2.49. The first-order chi connectivity index (χ1) is 15.4. The second-order valence-electron chi connectivity index (χ2n) is 7.26. The van der Waals surface area contributed by atoms with Crippen molar-refractivity contribution in [2.45, 2.75) is 24.7 Å². The molecule has 2 aromatic carbocycles. The van der Waals surface area contributed by atoms with Crippen LogP contribution in [0.1, 0.15) is 25.3 Å². The van der Waals surface area contributed by atoms with Gasteiger partial charge in [0.1, 0.15) is 5.75 Å². The van der Waals surface area contributed by atoms with E-state index in [1.54, 1.807) is 24.3 Å². The van der Waals surface area contributed by atoms with E-state index in [4.69, 9.17) is 4.74 Å². The molecule has 1 aliphatic heterocycles. The van der Waals surface area contributed by atoms with Crippen molar-refractivity contribution in [1.82, 2.24) is 9.73 Å². The monoisotopic (exact) mass is 519 g/mol. The van der Waals surface area contributed by atoms with Crippen LogP contribution >= 0.6 is 15.9 Å². The summed E-state index contributed by atoms with van der Waals surface area (Å²) in [5.41, 5.74) is 3.56. The van der Waals surface area contributed by atoms with E-state index in [0.717, 1.165) is 10.0 Å². The van der Waals surface area contributed by atoms with Gasteiger partial charge in [-0.15, -0.1) is 0 Å². The molecule has 1 fully saturated rings. The van der Waals surface area contributed by atoms with Crippen LogP contribution in [0.4, 0.5) is 0 Å².